The zero-order valence-corrected chi connectivity index (χ0v) is 10.1. The van der Waals surface area contributed by atoms with E-state index in [1.54, 1.807) is 0 Å². The van der Waals surface area contributed by atoms with Crippen LogP contribution < -0.4 is 16.4 Å². The Morgan fingerprint density at radius 1 is 1.41 bits per heavy atom. The molecule has 0 aromatic carbocycles. The van der Waals surface area contributed by atoms with Crippen molar-refractivity contribution in [3.05, 3.63) is 0 Å². The van der Waals surface area contributed by atoms with Gasteiger partial charge in [-0.15, -0.1) is 0 Å². The van der Waals surface area contributed by atoms with E-state index in [0.717, 1.165) is 38.5 Å². The fourth-order valence-electron chi connectivity index (χ4n) is 2.52. The molecule has 1 unspecified atom stereocenters. The van der Waals surface area contributed by atoms with Gasteiger partial charge in [0.15, 0.2) is 0 Å². The highest BCUT2D eigenvalue weighted by Crippen LogP contribution is 2.40. The number of hydrogen-bond donors (Lipinski definition) is 3. The lowest BCUT2D eigenvalue weighted by atomic mass is 9.68. The Labute approximate surface area is 102 Å². The molecule has 1 saturated carbocycles. The largest absolute Gasteiger partial charge is 0.354 e. The van der Waals surface area contributed by atoms with Crippen LogP contribution in [0.4, 0.5) is 0 Å². The molecule has 1 heterocycles. The predicted molar refractivity (Wildman–Crippen MR) is 64.1 cm³/mol. The second-order valence-corrected chi connectivity index (χ2v) is 5.15. The first-order valence-electron chi connectivity index (χ1n) is 6.47. The van der Waals surface area contributed by atoms with E-state index in [0.29, 0.717) is 13.1 Å². The summed E-state index contributed by atoms with van der Waals surface area (Å²) in [5.41, 5.74) is 5.28. The Kier molecular flexibility index (Phi) is 3.66. The second-order valence-electron chi connectivity index (χ2n) is 5.15. The van der Waals surface area contributed by atoms with E-state index < -0.39 is 5.41 Å². The molecular formula is C12H21N3O2. The second kappa shape index (κ2) is 5.04. The van der Waals surface area contributed by atoms with E-state index in [9.17, 15) is 9.59 Å². The van der Waals surface area contributed by atoms with Crippen molar-refractivity contribution in [2.75, 3.05) is 13.1 Å². The standard InChI is InChI=1S/C12H21N3O2/c13-8-12(5-3-6-12)11(17)15-9-4-1-2-7-14-10(9)16/h9H,1-8,13H2,(H,14,16)(H,15,17). The molecule has 96 valence electrons. The molecule has 4 N–H and O–H groups in total. The van der Waals surface area contributed by atoms with E-state index in [2.05, 4.69) is 10.6 Å². The number of nitrogens with one attached hydrogen (secondary N) is 2. The summed E-state index contributed by atoms with van der Waals surface area (Å²) in [5.74, 6) is -0.0874. The number of amides is 2. The van der Waals surface area contributed by atoms with Crippen molar-refractivity contribution in [1.82, 2.24) is 10.6 Å². The highest BCUT2D eigenvalue weighted by molar-refractivity contribution is 5.90. The molecule has 0 radical (unpaired) electrons. The number of rotatable bonds is 3. The quantitative estimate of drug-likeness (QED) is 0.643. The summed E-state index contributed by atoms with van der Waals surface area (Å²) in [6.45, 7) is 1.10. The minimum Gasteiger partial charge on any atom is -0.354 e. The molecule has 17 heavy (non-hydrogen) atoms. The minimum atomic E-state index is -0.396. The third-order valence-corrected chi connectivity index (χ3v) is 4.02. The van der Waals surface area contributed by atoms with Crippen LogP contribution in [-0.4, -0.2) is 30.9 Å². The van der Waals surface area contributed by atoms with Crippen LogP contribution >= 0.6 is 0 Å². The molecule has 2 fully saturated rings. The van der Waals surface area contributed by atoms with Gasteiger partial charge in [-0.1, -0.05) is 6.42 Å². The molecule has 5 nitrogen and oxygen atoms in total. The first-order chi connectivity index (χ1) is 8.18. The average Bonchev–Trinajstić information content (AvgIpc) is 2.44. The minimum absolute atomic E-state index is 0.0340. The van der Waals surface area contributed by atoms with E-state index in [1.807, 2.05) is 0 Å². The van der Waals surface area contributed by atoms with E-state index in [1.165, 1.54) is 0 Å². The molecule has 1 saturated heterocycles. The van der Waals surface area contributed by atoms with Gasteiger partial charge >= 0.3 is 0 Å². The maximum atomic E-state index is 12.1. The number of carbonyl (C=O) groups is 2. The lowest BCUT2D eigenvalue weighted by Gasteiger charge is -2.39. The molecular weight excluding hydrogens is 218 g/mol. The summed E-state index contributed by atoms with van der Waals surface area (Å²) < 4.78 is 0. The van der Waals surface area contributed by atoms with Crippen molar-refractivity contribution < 1.29 is 9.59 Å². The summed E-state index contributed by atoms with van der Waals surface area (Å²) in [6, 6.07) is -0.367. The molecule has 0 aromatic rings. The molecule has 1 aliphatic carbocycles. The van der Waals surface area contributed by atoms with Crippen LogP contribution in [0.5, 0.6) is 0 Å². The molecule has 1 aliphatic heterocycles. The lowest BCUT2D eigenvalue weighted by Crippen LogP contribution is -2.55. The zero-order valence-electron chi connectivity index (χ0n) is 10.1. The van der Waals surface area contributed by atoms with E-state index in [4.69, 9.17) is 5.73 Å². The van der Waals surface area contributed by atoms with E-state index in [-0.39, 0.29) is 17.9 Å². The Hall–Kier alpha value is -1.10. The maximum absolute atomic E-state index is 12.1. The van der Waals surface area contributed by atoms with Crippen molar-refractivity contribution in [3.8, 4) is 0 Å². The number of hydrogen-bond acceptors (Lipinski definition) is 3. The van der Waals surface area contributed by atoms with Gasteiger partial charge in [-0.25, -0.2) is 0 Å². The summed E-state index contributed by atoms with van der Waals surface area (Å²) in [6.07, 6.45) is 5.45. The van der Waals surface area contributed by atoms with Crippen molar-refractivity contribution in [1.29, 1.82) is 0 Å². The van der Waals surface area contributed by atoms with Crippen LogP contribution in [0.2, 0.25) is 0 Å². The first kappa shape index (κ1) is 12.4. The molecule has 1 atom stereocenters. The highest BCUT2D eigenvalue weighted by Gasteiger charge is 2.43. The average molecular weight is 239 g/mol. The van der Waals surface area contributed by atoms with Gasteiger partial charge in [-0.2, -0.15) is 0 Å². The smallest absolute Gasteiger partial charge is 0.242 e. The summed E-state index contributed by atoms with van der Waals surface area (Å²) >= 11 is 0. The van der Waals surface area contributed by atoms with Crippen molar-refractivity contribution >= 4 is 11.8 Å². The van der Waals surface area contributed by atoms with Crippen LogP contribution in [0.3, 0.4) is 0 Å². The number of nitrogens with two attached hydrogens (primary N) is 1. The van der Waals surface area contributed by atoms with Crippen LogP contribution in [0.1, 0.15) is 38.5 Å². The van der Waals surface area contributed by atoms with Gasteiger partial charge < -0.3 is 16.4 Å². The topological polar surface area (TPSA) is 84.2 Å². The van der Waals surface area contributed by atoms with Crippen molar-refractivity contribution in [2.45, 2.75) is 44.6 Å². The molecule has 0 aromatic heterocycles. The van der Waals surface area contributed by atoms with Crippen LogP contribution in [-0.2, 0) is 9.59 Å². The fourth-order valence-corrected chi connectivity index (χ4v) is 2.52. The zero-order chi connectivity index (χ0) is 12.3. The Bertz CT molecular complexity index is 307. The van der Waals surface area contributed by atoms with Gasteiger partial charge in [0.25, 0.3) is 0 Å². The van der Waals surface area contributed by atoms with Crippen molar-refractivity contribution in [2.24, 2.45) is 11.1 Å². The van der Waals surface area contributed by atoms with Crippen LogP contribution in [0, 0.1) is 5.41 Å². The monoisotopic (exact) mass is 239 g/mol. The summed E-state index contributed by atoms with van der Waals surface area (Å²) in [5, 5.41) is 5.69. The van der Waals surface area contributed by atoms with Gasteiger partial charge in [0.1, 0.15) is 6.04 Å². The molecule has 2 aliphatic rings. The normalized spacial score (nSPS) is 27.6. The first-order valence-corrected chi connectivity index (χ1v) is 6.47. The Morgan fingerprint density at radius 3 is 2.76 bits per heavy atom. The van der Waals surface area contributed by atoms with E-state index >= 15 is 0 Å². The molecule has 5 heteroatoms. The maximum Gasteiger partial charge on any atom is 0.242 e. The lowest BCUT2D eigenvalue weighted by molar-refractivity contribution is -0.138. The molecule has 0 bridgehead atoms. The predicted octanol–water partition coefficient (Wildman–Crippen LogP) is -0.0997. The van der Waals surface area contributed by atoms with Crippen LogP contribution in [0.15, 0.2) is 0 Å². The molecule has 0 spiro atoms. The Morgan fingerprint density at radius 2 is 2.18 bits per heavy atom. The molecule has 2 rings (SSSR count). The van der Waals surface area contributed by atoms with Crippen molar-refractivity contribution in [3.63, 3.8) is 0 Å². The summed E-state index contributed by atoms with van der Waals surface area (Å²) in [7, 11) is 0. The van der Waals surface area contributed by atoms with Crippen LogP contribution in [0.25, 0.3) is 0 Å². The fraction of sp³-hybridized carbons (Fsp3) is 0.833. The SMILES string of the molecule is NCC1(C(=O)NC2CCCCNC2=O)CCC1. The highest BCUT2D eigenvalue weighted by atomic mass is 16.2. The third-order valence-electron chi connectivity index (χ3n) is 4.02. The van der Waals surface area contributed by atoms with Gasteiger partial charge in [0, 0.05) is 13.1 Å². The number of carbonyl (C=O) groups excluding carboxylic acids is 2. The van der Waals surface area contributed by atoms with Gasteiger partial charge in [0.2, 0.25) is 11.8 Å². The van der Waals surface area contributed by atoms with Gasteiger partial charge in [-0.3, -0.25) is 9.59 Å². The Balaban J connectivity index is 1.95. The third kappa shape index (κ3) is 2.44. The van der Waals surface area contributed by atoms with Gasteiger partial charge in [0.05, 0.1) is 5.41 Å². The molecule has 2 amide bonds. The van der Waals surface area contributed by atoms with Gasteiger partial charge in [-0.05, 0) is 32.1 Å². The summed E-state index contributed by atoms with van der Waals surface area (Å²) in [4.78, 5) is 23.8.